The standard InChI is InChI=1S/C29HF12N5/c1-45-28(15-24(38)20(34)11(6-44)21(35)25(15)39)13-7(3-8-16(30)26(40)29(46-2)27(41)17(8)31)12(13)9(4-42)14-22(36)18(32)10(5-43)19(33)23(14)37/h3H. The van der Waals surface area contributed by atoms with Gasteiger partial charge in [0.1, 0.15) is 29.3 Å². The molecule has 5 nitrogen and oxygen atoms in total. The summed E-state index contributed by atoms with van der Waals surface area (Å²) in [4.78, 5) is 4.90. The lowest BCUT2D eigenvalue weighted by Gasteiger charge is -2.08. The fourth-order valence-corrected chi connectivity index (χ4v) is 4.22. The van der Waals surface area contributed by atoms with Gasteiger partial charge in [0.2, 0.25) is 5.70 Å². The van der Waals surface area contributed by atoms with Crippen molar-refractivity contribution in [2.75, 3.05) is 0 Å². The molecule has 0 bridgehead atoms. The van der Waals surface area contributed by atoms with E-state index in [9.17, 15) is 57.9 Å². The Balaban J connectivity index is 2.27. The van der Waals surface area contributed by atoms with Crippen LogP contribution in [-0.4, -0.2) is 0 Å². The summed E-state index contributed by atoms with van der Waals surface area (Å²) < 4.78 is 176. The first-order valence-electron chi connectivity index (χ1n) is 11.4. The van der Waals surface area contributed by atoms with Crippen molar-refractivity contribution in [1.82, 2.24) is 0 Å². The minimum Gasteiger partial charge on any atom is -0.237 e. The monoisotopic (exact) mass is 647 g/mol. The molecule has 0 heterocycles. The second kappa shape index (κ2) is 11.5. The molecular formula is C29HF12N5. The quantitative estimate of drug-likeness (QED) is 0.124. The zero-order valence-electron chi connectivity index (χ0n) is 21.3. The van der Waals surface area contributed by atoms with E-state index in [1.807, 2.05) is 0 Å². The van der Waals surface area contributed by atoms with Crippen molar-refractivity contribution >= 4 is 23.0 Å². The molecule has 0 saturated heterocycles. The first-order chi connectivity index (χ1) is 21.7. The van der Waals surface area contributed by atoms with E-state index in [0.29, 0.717) is 0 Å². The van der Waals surface area contributed by atoms with Gasteiger partial charge in [0.05, 0.1) is 29.8 Å². The van der Waals surface area contributed by atoms with E-state index in [4.69, 9.17) is 23.7 Å². The van der Waals surface area contributed by atoms with Crippen molar-refractivity contribution in [2.45, 2.75) is 0 Å². The molecule has 0 amide bonds. The summed E-state index contributed by atoms with van der Waals surface area (Å²) in [6.07, 6.45) is -0.0178. The van der Waals surface area contributed by atoms with Crippen LogP contribution in [0.1, 0.15) is 27.8 Å². The van der Waals surface area contributed by atoms with E-state index in [-0.39, 0.29) is 6.08 Å². The minimum absolute atomic E-state index is 0.0178. The van der Waals surface area contributed by atoms with Gasteiger partial charge in [0.15, 0.2) is 69.8 Å². The third-order valence-electron chi connectivity index (χ3n) is 6.35. The lowest BCUT2D eigenvalue weighted by atomic mass is 10.00. The van der Waals surface area contributed by atoms with Crippen LogP contribution in [0.15, 0.2) is 16.7 Å². The number of hydrogen-bond donors (Lipinski definition) is 0. The van der Waals surface area contributed by atoms with E-state index >= 15 is 0 Å². The molecule has 46 heavy (non-hydrogen) atoms. The zero-order valence-corrected chi connectivity index (χ0v) is 21.3. The summed E-state index contributed by atoms with van der Waals surface area (Å²) >= 11 is 0. The molecule has 0 radical (unpaired) electrons. The molecule has 0 spiro atoms. The summed E-state index contributed by atoms with van der Waals surface area (Å²) in [5, 5.41) is 27.3. The van der Waals surface area contributed by atoms with Crippen molar-refractivity contribution < 1.29 is 52.7 Å². The number of nitriles is 3. The molecule has 0 unspecified atom stereocenters. The molecule has 0 aliphatic heterocycles. The van der Waals surface area contributed by atoms with E-state index in [1.54, 1.807) is 0 Å². The fraction of sp³-hybridized carbons (Fsp3) is 0. The van der Waals surface area contributed by atoms with Gasteiger partial charge in [-0.1, -0.05) is 0 Å². The van der Waals surface area contributed by atoms with Crippen LogP contribution >= 0.6 is 0 Å². The van der Waals surface area contributed by atoms with Crippen molar-refractivity contribution in [3.63, 3.8) is 0 Å². The number of hydrogen-bond acceptors (Lipinski definition) is 3. The Morgan fingerprint density at radius 3 is 1.30 bits per heavy atom. The predicted molar refractivity (Wildman–Crippen MR) is 129 cm³/mol. The molecule has 3 aromatic rings. The highest BCUT2D eigenvalue weighted by molar-refractivity contribution is 6.07. The van der Waals surface area contributed by atoms with Gasteiger partial charge in [-0.15, -0.1) is 0 Å². The van der Waals surface area contributed by atoms with Gasteiger partial charge in [-0.25, -0.2) is 62.4 Å². The highest BCUT2D eigenvalue weighted by Gasteiger charge is 2.43. The van der Waals surface area contributed by atoms with E-state index in [2.05, 4.69) is 9.69 Å². The molecule has 17 heteroatoms. The SMILES string of the molecule is [C-]#[N+]C(=C1C(=Cc2c(F)c(F)c([N+]#[C-])c(F)c2F)C1=C(C#N)c1c(F)c(F)c(C#N)c(F)c1F)c1c(F)c(F)c(C#N)c(F)c1F. The molecular weight excluding hydrogens is 646 g/mol. The number of nitrogens with zero attached hydrogens (tertiary/aromatic N) is 5. The van der Waals surface area contributed by atoms with Crippen molar-refractivity contribution in [1.29, 1.82) is 15.8 Å². The lowest BCUT2D eigenvalue weighted by molar-refractivity contribution is 0.446. The van der Waals surface area contributed by atoms with Gasteiger partial charge in [-0.3, -0.25) is 0 Å². The van der Waals surface area contributed by atoms with Crippen LogP contribution in [0.3, 0.4) is 0 Å². The summed E-state index contributed by atoms with van der Waals surface area (Å²) in [7, 11) is 0. The first-order valence-corrected chi connectivity index (χ1v) is 11.4. The fourth-order valence-electron chi connectivity index (χ4n) is 4.22. The molecule has 1 aliphatic rings. The second-order valence-electron chi connectivity index (χ2n) is 8.62. The van der Waals surface area contributed by atoms with Gasteiger partial charge in [0, 0.05) is 5.56 Å². The van der Waals surface area contributed by atoms with E-state index < -0.39 is 131 Å². The van der Waals surface area contributed by atoms with E-state index in [1.165, 1.54) is 0 Å². The average Bonchev–Trinajstić information content (AvgIpc) is 3.73. The lowest BCUT2D eigenvalue weighted by Crippen LogP contribution is -2.06. The third kappa shape index (κ3) is 4.49. The number of allylic oxidation sites excluding steroid dienone is 4. The summed E-state index contributed by atoms with van der Waals surface area (Å²) in [5.41, 5.74) is -18.0. The second-order valence-corrected chi connectivity index (χ2v) is 8.62. The first kappa shape index (κ1) is 32.4. The number of benzene rings is 3. The zero-order chi connectivity index (χ0) is 34.5. The molecule has 1 saturated carbocycles. The topological polar surface area (TPSA) is 80.1 Å². The molecule has 226 valence electrons. The predicted octanol–water partition coefficient (Wildman–Crippen LogP) is 8.35. The van der Waals surface area contributed by atoms with Crippen LogP contribution in [0, 0.1) is 117 Å². The maximum Gasteiger partial charge on any atom is 0.262 e. The molecule has 4 rings (SSSR count). The average molecular weight is 647 g/mol. The Morgan fingerprint density at radius 2 is 0.957 bits per heavy atom. The van der Waals surface area contributed by atoms with Gasteiger partial charge in [0.25, 0.3) is 5.69 Å². The Morgan fingerprint density at radius 1 is 0.543 bits per heavy atom. The molecule has 1 aliphatic carbocycles. The smallest absolute Gasteiger partial charge is 0.237 e. The number of halogens is 12. The van der Waals surface area contributed by atoms with Gasteiger partial charge in [-0.2, -0.15) is 15.8 Å². The normalized spacial score (nSPS) is 15.0. The van der Waals surface area contributed by atoms with Crippen LogP contribution in [0.4, 0.5) is 58.4 Å². The highest BCUT2D eigenvalue weighted by atomic mass is 19.2. The van der Waals surface area contributed by atoms with Crippen molar-refractivity contribution in [3.05, 3.63) is 137 Å². The summed E-state index contributed by atoms with van der Waals surface area (Å²) in [6, 6.07) is 2.62. The third-order valence-corrected chi connectivity index (χ3v) is 6.35. The van der Waals surface area contributed by atoms with Crippen LogP contribution in [0.5, 0.6) is 0 Å². The summed E-state index contributed by atoms with van der Waals surface area (Å²) in [5.74, 6) is -28.5. The van der Waals surface area contributed by atoms with E-state index in [0.717, 1.165) is 18.2 Å². The molecule has 0 aromatic heterocycles. The number of rotatable bonds is 3. The van der Waals surface area contributed by atoms with Crippen LogP contribution in [0.25, 0.3) is 27.0 Å². The summed E-state index contributed by atoms with van der Waals surface area (Å²) in [6.45, 7) is 14.0. The minimum atomic E-state index is -2.45. The van der Waals surface area contributed by atoms with Crippen molar-refractivity contribution in [3.8, 4) is 18.2 Å². The van der Waals surface area contributed by atoms with Crippen LogP contribution in [-0.2, 0) is 0 Å². The molecule has 0 N–H and O–H groups in total. The maximum atomic E-state index is 14.9. The van der Waals surface area contributed by atoms with Crippen molar-refractivity contribution in [2.24, 2.45) is 0 Å². The van der Waals surface area contributed by atoms with Crippen LogP contribution < -0.4 is 0 Å². The largest absolute Gasteiger partial charge is 0.262 e. The molecule has 1 fully saturated rings. The molecule has 3 aromatic carbocycles. The van der Waals surface area contributed by atoms with Gasteiger partial charge >= 0.3 is 0 Å². The Labute approximate surface area is 247 Å². The van der Waals surface area contributed by atoms with Gasteiger partial charge < -0.3 is 0 Å². The Hall–Kier alpha value is -6.51. The maximum absolute atomic E-state index is 14.9. The molecule has 0 atom stereocenters. The van der Waals surface area contributed by atoms with Crippen LogP contribution in [0.2, 0.25) is 0 Å². The van der Waals surface area contributed by atoms with Gasteiger partial charge in [-0.05, 0) is 22.8 Å². The Bertz CT molecular complexity index is 2080. The highest BCUT2D eigenvalue weighted by Crippen LogP contribution is 2.55. The Kier molecular flexibility index (Phi) is 8.12.